The molecule has 0 saturated heterocycles. The summed E-state index contributed by atoms with van der Waals surface area (Å²) in [4.78, 5) is 0. The largest absolute Gasteiger partial charge is 0.457 e. The highest BCUT2D eigenvalue weighted by molar-refractivity contribution is 5.68. The van der Waals surface area contributed by atoms with E-state index in [0.717, 1.165) is 22.8 Å². The molecular weight excluding hydrogens is 372 g/mol. The van der Waals surface area contributed by atoms with Gasteiger partial charge in [-0.05, 0) is 43.3 Å². The zero-order valence-corrected chi connectivity index (χ0v) is 16.7. The first-order chi connectivity index (χ1) is 14.8. The van der Waals surface area contributed by atoms with E-state index in [9.17, 15) is 0 Å². The molecule has 0 unspecified atom stereocenters. The number of hydrogen-bond acceptors (Lipinski definition) is 3. The van der Waals surface area contributed by atoms with E-state index in [1.807, 2.05) is 122 Å². The van der Waals surface area contributed by atoms with Crippen molar-refractivity contribution in [3.63, 3.8) is 0 Å². The van der Waals surface area contributed by atoms with Gasteiger partial charge in [0.25, 0.3) is 0 Å². The molecule has 0 N–H and O–H groups in total. The van der Waals surface area contributed by atoms with Crippen LogP contribution in [-0.2, 0) is 0 Å². The lowest BCUT2D eigenvalue weighted by atomic mass is 10.1. The maximum atomic E-state index is 6.21. The minimum Gasteiger partial charge on any atom is -0.457 e. The molecule has 0 aliphatic carbocycles. The van der Waals surface area contributed by atoms with Gasteiger partial charge >= 0.3 is 0 Å². The first-order valence-corrected chi connectivity index (χ1v) is 9.81. The van der Waals surface area contributed by atoms with Gasteiger partial charge in [0.15, 0.2) is 0 Å². The molecule has 4 rings (SSSR count). The van der Waals surface area contributed by atoms with Gasteiger partial charge in [0.2, 0.25) is 0 Å². The van der Waals surface area contributed by atoms with Gasteiger partial charge < -0.3 is 14.2 Å². The fourth-order valence-electron chi connectivity index (χ4n) is 2.99. The maximum Gasteiger partial charge on any atom is 0.142 e. The zero-order valence-electron chi connectivity index (χ0n) is 16.7. The van der Waals surface area contributed by atoms with Crippen molar-refractivity contribution >= 4 is 6.08 Å². The molecule has 4 aromatic carbocycles. The smallest absolute Gasteiger partial charge is 0.142 e. The molecule has 0 heterocycles. The minimum atomic E-state index is 0.631. The molecule has 0 radical (unpaired) electrons. The van der Waals surface area contributed by atoms with E-state index in [-0.39, 0.29) is 0 Å². The predicted octanol–water partition coefficient (Wildman–Crippen LogP) is 8.10. The summed E-state index contributed by atoms with van der Waals surface area (Å²) in [6.45, 7) is 1.97. The Balaban J connectivity index is 1.78. The zero-order chi connectivity index (χ0) is 20.6. The van der Waals surface area contributed by atoms with E-state index in [1.165, 1.54) is 0 Å². The summed E-state index contributed by atoms with van der Waals surface area (Å²) in [5.74, 6) is 4.16. The summed E-state index contributed by atoms with van der Waals surface area (Å²) in [6.07, 6.45) is 3.94. The highest BCUT2D eigenvalue weighted by Crippen LogP contribution is 2.40. The maximum absolute atomic E-state index is 6.21. The van der Waals surface area contributed by atoms with E-state index in [2.05, 4.69) is 0 Å². The summed E-state index contributed by atoms with van der Waals surface area (Å²) in [5, 5.41) is 0. The van der Waals surface area contributed by atoms with Crippen molar-refractivity contribution in [3.8, 4) is 34.5 Å². The molecule has 3 heteroatoms. The van der Waals surface area contributed by atoms with Gasteiger partial charge in [-0.1, -0.05) is 66.7 Å². The molecule has 30 heavy (non-hydrogen) atoms. The third-order valence-corrected chi connectivity index (χ3v) is 4.33. The molecule has 4 aromatic rings. The average Bonchev–Trinajstić information content (AvgIpc) is 2.78. The third kappa shape index (κ3) is 4.89. The summed E-state index contributed by atoms with van der Waals surface area (Å²) < 4.78 is 18.5. The van der Waals surface area contributed by atoms with Crippen molar-refractivity contribution in [1.29, 1.82) is 0 Å². The number of allylic oxidation sites excluding steroid dienone is 1. The fraction of sp³-hybridized carbons (Fsp3) is 0.0370. The SMILES string of the molecule is C/C=C/c1c(Oc2ccccc2)cc(Oc2ccccc2)cc1Oc1ccccc1. The van der Waals surface area contributed by atoms with Crippen LogP contribution >= 0.6 is 0 Å². The van der Waals surface area contributed by atoms with Crippen LogP contribution in [0.5, 0.6) is 34.5 Å². The van der Waals surface area contributed by atoms with E-state index in [1.54, 1.807) is 0 Å². The van der Waals surface area contributed by atoms with Gasteiger partial charge in [0.05, 0.1) is 5.56 Å². The quantitative estimate of drug-likeness (QED) is 0.317. The fourth-order valence-corrected chi connectivity index (χ4v) is 2.99. The molecule has 0 amide bonds. The second kappa shape index (κ2) is 9.48. The van der Waals surface area contributed by atoms with Gasteiger partial charge in [-0.3, -0.25) is 0 Å². The van der Waals surface area contributed by atoms with E-state index < -0.39 is 0 Å². The molecule has 148 valence electrons. The Morgan fingerprint density at radius 1 is 0.500 bits per heavy atom. The van der Waals surface area contributed by atoms with Crippen molar-refractivity contribution in [2.24, 2.45) is 0 Å². The predicted molar refractivity (Wildman–Crippen MR) is 121 cm³/mol. The third-order valence-electron chi connectivity index (χ3n) is 4.33. The van der Waals surface area contributed by atoms with Crippen molar-refractivity contribution in [3.05, 3.63) is 115 Å². The van der Waals surface area contributed by atoms with Crippen LogP contribution in [0.15, 0.2) is 109 Å². The lowest BCUT2D eigenvalue weighted by Gasteiger charge is -2.17. The second-order valence-electron chi connectivity index (χ2n) is 6.58. The average molecular weight is 394 g/mol. The highest BCUT2D eigenvalue weighted by Gasteiger charge is 2.15. The van der Waals surface area contributed by atoms with Crippen LogP contribution in [-0.4, -0.2) is 0 Å². The Hall–Kier alpha value is -3.98. The van der Waals surface area contributed by atoms with Crippen LogP contribution in [0.3, 0.4) is 0 Å². The Labute approximate surface area is 176 Å². The summed E-state index contributed by atoms with van der Waals surface area (Å²) in [7, 11) is 0. The number of ether oxygens (including phenoxy) is 3. The van der Waals surface area contributed by atoms with E-state index >= 15 is 0 Å². The highest BCUT2D eigenvalue weighted by atomic mass is 16.5. The topological polar surface area (TPSA) is 27.7 Å². The lowest BCUT2D eigenvalue weighted by Crippen LogP contribution is -1.95. The molecule has 0 saturated carbocycles. The Kier molecular flexibility index (Phi) is 6.11. The van der Waals surface area contributed by atoms with Crippen LogP contribution in [0, 0.1) is 0 Å². The molecule has 0 aromatic heterocycles. The monoisotopic (exact) mass is 394 g/mol. The van der Waals surface area contributed by atoms with Crippen molar-refractivity contribution in [1.82, 2.24) is 0 Å². The number of hydrogen-bond donors (Lipinski definition) is 0. The lowest BCUT2D eigenvalue weighted by molar-refractivity contribution is 0.438. The molecule has 3 nitrogen and oxygen atoms in total. The number of benzene rings is 4. The van der Waals surface area contributed by atoms with E-state index in [0.29, 0.717) is 17.2 Å². The van der Waals surface area contributed by atoms with Crippen molar-refractivity contribution < 1.29 is 14.2 Å². The summed E-state index contributed by atoms with van der Waals surface area (Å²) in [6, 6.07) is 32.8. The van der Waals surface area contributed by atoms with E-state index in [4.69, 9.17) is 14.2 Å². The van der Waals surface area contributed by atoms with Crippen molar-refractivity contribution in [2.75, 3.05) is 0 Å². The molecule has 0 spiro atoms. The van der Waals surface area contributed by atoms with Crippen LogP contribution in [0.2, 0.25) is 0 Å². The number of para-hydroxylation sites is 3. The molecular formula is C27H22O3. The van der Waals surface area contributed by atoms with Crippen molar-refractivity contribution in [2.45, 2.75) is 6.92 Å². The normalized spacial score (nSPS) is 10.7. The molecule has 0 bridgehead atoms. The van der Waals surface area contributed by atoms with Crippen LogP contribution in [0.25, 0.3) is 6.08 Å². The number of rotatable bonds is 7. The Morgan fingerprint density at radius 2 is 0.900 bits per heavy atom. The summed E-state index contributed by atoms with van der Waals surface area (Å²) >= 11 is 0. The van der Waals surface area contributed by atoms with Gasteiger partial charge in [-0.15, -0.1) is 0 Å². The van der Waals surface area contributed by atoms with Gasteiger partial charge in [-0.25, -0.2) is 0 Å². The Morgan fingerprint density at radius 3 is 1.30 bits per heavy atom. The first-order valence-electron chi connectivity index (χ1n) is 9.81. The van der Waals surface area contributed by atoms with Gasteiger partial charge in [-0.2, -0.15) is 0 Å². The van der Waals surface area contributed by atoms with Gasteiger partial charge in [0.1, 0.15) is 34.5 Å². The molecule has 0 aliphatic rings. The molecule has 0 aliphatic heterocycles. The summed E-state index contributed by atoms with van der Waals surface area (Å²) in [5.41, 5.74) is 0.839. The molecule has 0 fully saturated rings. The Bertz CT molecular complexity index is 1040. The van der Waals surface area contributed by atoms with Gasteiger partial charge in [0, 0.05) is 12.1 Å². The second-order valence-corrected chi connectivity index (χ2v) is 6.58. The standard InChI is InChI=1S/C27H22O3/c1-2-12-25-26(29-22-15-8-4-9-16-22)19-24(28-21-13-6-3-7-14-21)20-27(25)30-23-17-10-5-11-18-23/h2-20H,1H3/b12-2+. The molecule has 0 atom stereocenters. The van der Waals surface area contributed by atoms with Crippen LogP contribution in [0.1, 0.15) is 12.5 Å². The minimum absolute atomic E-state index is 0.631. The van der Waals surface area contributed by atoms with Crippen LogP contribution in [0.4, 0.5) is 0 Å². The first kappa shape index (κ1) is 19.3. The van der Waals surface area contributed by atoms with Crippen LogP contribution < -0.4 is 14.2 Å².